The number of methoxy groups -OCH3 is 1. The number of sulfonamides is 1. The smallest absolute Gasteiger partial charge is 0.264 e. The molecule has 180 valence electrons. The minimum absolute atomic E-state index is 0.0838. The quantitative estimate of drug-likeness (QED) is 0.416. The first-order chi connectivity index (χ1) is 16.2. The van der Waals surface area contributed by atoms with Crippen LogP contribution < -0.4 is 19.1 Å². The highest BCUT2D eigenvalue weighted by molar-refractivity contribution is 7.92. The molecule has 0 aromatic heterocycles. The Morgan fingerprint density at radius 3 is 2.26 bits per heavy atom. The van der Waals surface area contributed by atoms with E-state index in [0.717, 1.165) is 15.4 Å². The van der Waals surface area contributed by atoms with Crippen LogP contribution in [0.2, 0.25) is 5.02 Å². The normalized spacial score (nSPS) is 11.1. The standard InChI is InChI=1S/C25H27ClN2O5S/c1-18-4-11-22(12-5-18)34(30,31)28(23-16-19(2)6-13-24(23)32-3)17-25(29)27-14-15-33-21-9-7-20(26)8-10-21/h4-13,16H,14-15,17H2,1-3H3,(H,27,29). The molecule has 0 aliphatic heterocycles. The summed E-state index contributed by atoms with van der Waals surface area (Å²) in [5.74, 6) is 0.492. The van der Waals surface area contributed by atoms with Gasteiger partial charge in [-0.3, -0.25) is 9.10 Å². The maximum atomic E-state index is 13.6. The summed E-state index contributed by atoms with van der Waals surface area (Å²) in [6, 6.07) is 18.5. The summed E-state index contributed by atoms with van der Waals surface area (Å²) in [4.78, 5) is 12.9. The number of nitrogens with zero attached hydrogens (tertiary/aromatic N) is 1. The van der Waals surface area contributed by atoms with Gasteiger partial charge in [0.1, 0.15) is 24.7 Å². The molecule has 3 aromatic carbocycles. The molecule has 0 atom stereocenters. The Balaban J connectivity index is 1.78. The van der Waals surface area contributed by atoms with E-state index in [1.807, 2.05) is 19.9 Å². The number of carbonyl (C=O) groups excluding carboxylic acids is 1. The molecular weight excluding hydrogens is 476 g/mol. The summed E-state index contributed by atoms with van der Waals surface area (Å²) in [7, 11) is -2.59. The van der Waals surface area contributed by atoms with Crippen LogP contribution in [0.1, 0.15) is 11.1 Å². The van der Waals surface area contributed by atoms with Gasteiger partial charge >= 0.3 is 0 Å². The number of benzene rings is 3. The average Bonchev–Trinajstić information content (AvgIpc) is 2.81. The van der Waals surface area contributed by atoms with Gasteiger partial charge in [0.05, 0.1) is 24.2 Å². The first kappa shape index (κ1) is 25.4. The number of rotatable bonds is 10. The Morgan fingerprint density at radius 2 is 1.62 bits per heavy atom. The SMILES string of the molecule is COc1ccc(C)cc1N(CC(=O)NCCOc1ccc(Cl)cc1)S(=O)(=O)c1ccc(C)cc1. The molecule has 0 spiro atoms. The molecule has 3 aromatic rings. The highest BCUT2D eigenvalue weighted by atomic mass is 35.5. The van der Waals surface area contributed by atoms with Crippen molar-refractivity contribution in [3.8, 4) is 11.5 Å². The molecule has 0 fully saturated rings. The van der Waals surface area contributed by atoms with Crippen LogP contribution in [0.25, 0.3) is 0 Å². The van der Waals surface area contributed by atoms with Gasteiger partial charge in [-0.05, 0) is 67.9 Å². The second-order valence-electron chi connectivity index (χ2n) is 7.65. The molecule has 3 rings (SSSR count). The van der Waals surface area contributed by atoms with Gasteiger partial charge in [-0.1, -0.05) is 35.4 Å². The fraction of sp³-hybridized carbons (Fsp3) is 0.240. The monoisotopic (exact) mass is 502 g/mol. The summed E-state index contributed by atoms with van der Waals surface area (Å²) < 4.78 is 39.2. The Kier molecular flexibility index (Phi) is 8.41. The zero-order valence-electron chi connectivity index (χ0n) is 19.2. The lowest BCUT2D eigenvalue weighted by Gasteiger charge is -2.26. The van der Waals surface area contributed by atoms with Crippen LogP contribution >= 0.6 is 11.6 Å². The molecule has 9 heteroatoms. The van der Waals surface area contributed by atoms with Gasteiger partial charge in [-0.2, -0.15) is 0 Å². The van der Waals surface area contributed by atoms with Crippen molar-refractivity contribution in [2.75, 3.05) is 31.1 Å². The zero-order chi connectivity index (χ0) is 24.7. The van der Waals surface area contributed by atoms with E-state index in [4.69, 9.17) is 21.1 Å². The number of nitrogens with one attached hydrogen (secondary N) is 1. The lowest BCUT2D eigenvalue weighted by atomic mass is 10.2. The fourth-order valence-corrected chi connectivity index (χ4v) is 4.76. The lowest BCUT2D eigenvalue weighted by Crippen LogP contribution is -2.42. The van der Waals surface area contributed by atoms with Gasteiger partial charge in [0.25, 0.3) is 10.0 Å². The predicted molar refractivity (Wildman–Crippen MR) is 133 cm³/mol. The van der Waals surface area contributed by atoms with Crippen molar-refractivity contribution in [1.29, 1.82) is 0 Å². The number of carbonyl (C=O) groups is 1. The van der Waals surface area contributed by atoms with Crippen LogP contribution in [0.4, 0.5) is 5.69 Å². The average molecular weight is 503 g/mol. The third kappa shape index (κ3) is 6.42. The van der Waals surface area contributed by atoms with E-state index in [9.17, 15) is 13.2 Å². The van der Waals surface area contributed by atoms with Crippen LogP contribution in [0, 0.1) is 13.8 Å². The Morgan fingerprint density at radius 1 is 0.971 bits per heavy atom. The van der Waals surface area contributed by atoms with Crippen molar-refractivity contribution in [2.45, 2.75) is 18.7 Å². The van der Waals surface area contributed by atoms with Crippen LogP contribution in [-0.4, -0.2) is 41.1 Å². The second kappa shape index (κ2) is 11.3. The van der Waals surface area contributed by atoms with Crippen LogP contribution in [-0.2, 0) is 14.8 Å². The number of ether oxygens (including phenoxy) is 2. The molecule has 0 saturated heterocycles. The third-order valence-corrected chi connectivity index (χ3v) is 7.03. The summed E-state index contributed by atoms with van der Waals surface area (Å²) >= 11 is 5.86. The summed E-state index contributed by atoms with van der Waals surface area (Å²) in [6.45, 7) is 3.71. The van der Waals surface area contributed by atoms with Gasteiger partial charge in [0.2, 0.25) is 5.91 Å². The molecule has 0 aliphatic carbocycles. The van der Waals surface area contributed by atoms with Crippen molar-refractivity contribution >= 4 is 33.2 Å². The van der Waals surface area contributed by atoms with Gasteiger partial charge in [0.15, 0.2) is 0 Å². The number of anilines is 1. The summed E-state index contributed by atoms with van der Waals surface area (Å²) in [6.07, 6.45) is 0. The van der Waals surface area contributed by atoms with Gasteiger partial charge in [-0.15, -0.1) is 0 Å². The number of hydrogen-bond acceptors (Lipinski definition) is 5. The minimum atomic E-state index is -4.04. The fourth-order valence-electron chi connectivity index (χ4n) is 3.21. The van der Waals surface area contributed by atoms with Crippen molar-refractivity contribution in [3.63, 3.8) is 0 Å². The molecule has 34 heavy (non-hydrogen) atoms. The summed E-state index contributed by atoms with van der Waals surface area (Å²) in [5, 5.41) is 3.31. The van der Waals surface area contributed by atoms with Crippen molar-refractivity contribution in [3.05, 3.63) is 82.9 Å². The first-order valence-electron chi connectivity index (χ1n) is 10.6. The van der Waals surface area contributed by atoms with E-state index in [1.54, 1.807) is 48.5 Å². The third-order valence-electron chi connectivity index (χ3n) is 5.01. The topological polar surface area (TPSA) is 84.9 Å². The molecule has 0 saturated carbocycles. The molecule has 0 unspecified atom stereocenters. The van der Waals surface area contributed by atoms with Crippen LogP contribution in [0.5, 0.6) is 11.5 Å². The van der Waals surface area contributed by atoms with E-state index in [2.05, 4.69) is 5.32 Å². The molecule has 7 nitrogen and oxygen atoms in total. The number of amides is 1. The molecular formula is C25H27ClN2O5S. The Labute approximate surface area is 205 Å². The van der Waals surface area contributed by atoms with Crippen LogP contribution in [0.15, 0.2) is 71.6 Å². The minimum Gasteiger partial charge on any atom is -0.495 e. The Bertz CT molecular complexity index is 1230. The van der Waals surface area contributed by atoms with Gasteiger partial charge < -0.3 is 14.8 Å². The van der Waals surface area contributed by atoms with Gasteiger partial charge in [0, 0.05) is 5.02 Å². The van der Waals surface area contributed by atoms with Crippen molar-refractivity contribution in [2.24, 2.45) is 0 Å². The second-order valence-corrected chi connectivity index (χ2v) is 9.95. The Hall–Kier alpha value is -3.23. The maximum Gasteiger partial charge on any atom is 0.264 e. The van der Waals surface area contributed by atoms with Crippen LogP contribution in [0.3, 0.4) is 0 Å². The highest BCUT2D eigenvalue weighted by Gasteiger charge is 2.29. The molecule has 1 amide bonds. The molecule has 0 heterocycles. The van der Waals surface area contributed by atoms with Crippen molar-refractivity contribution in [1.82, 2.24) is 5.32 Å². The molecule has 0 aliphatic rings. The van der Waals surface area contributed by atoms with E-state index in [0.29, 0.717) is 16.5 Å². The van der Waals surface area contributed by atoms with E-state index in [1.165, 1.54) is 19.2 Å². The molecule has 1 N–H and O–H groups in total. The maximum absolute atomic E-state index is 13.6. The largest absolute Gasteiger partial charge is 0.495 e. The predicted octanol–water partition coefficient (Wildman–Crippen LogP) is 4.36. The zero-order valence-corrected chi connectivity index (χ0v) is 20.8. The first-order valence-corrected chi connectivity index (χ1v) is 12.4. The molecule has 0 radical (unpaired) electrons. The van der Waals surface area contributed by atoms with E-state index >= 15 is 0 Å². The molecule has 0 bridgehead atoms. The highest BCUT2D eigenvalue weighted by Crippen LogP contribution is 2.33. The number of halogens is 1. The van der Waals surface area contributed by atoms with Gasteiger partial charge in [-0.25, -0.2) is 8.42 Å². The lowest BCUT2D eigenvalue weighted by molar-refractivity contribution is -0.119. The van der Waals surface area contributed by atoms with E-state index < -0.39 is 22.5 Å². The number of hydrogen-bond donors (Lipinski definition) is 1. The van der Waals surface area contributed by atoms with E-state index in [-0.39, 0.29) is 23.7 Å². The number of aryl methyl sites for hydroxylation is 2. The van der Waals surface area contributed by atoms with Crippen molar-refractivity contribution < 1.29 is 22.7 Å². The summed E-state index contributed by atoms with van der Waals surface area (Å²) in [5.41, 5.74) is 2.05.